The van der Waals surface area contributed by atoms with Crippen molar-refractivity contribution in [1.82, 2.24) is 10.3 Å². The summed E-state index contributed by atoms with van der Waals surface area (Å²) in [7, 11) is 4.19. The first-order chi connectivity index (χ1) is 9.58. The third-order valence-corrected chi connectivity index (χ3v) is 4.55. The summed E-state index contributed by atoms with van der Waals surface area (Å²) in [4.78, 5) is 2.24. The van der Waals surface area contributed by atoms with Crippen LogP contribution in [0.1, 0.15) is 38.5 Å². The van der Waals surface area contributed by atoms with Gasteiger partial charge in [0.25, 0.3) is 0 Å². The predicted octanol–water partition coefficient (Wildman–Crippen LogP) is 3.06. The minimum absolute atomic E-state index is 0.0418. The van der Waals surface area contributed by atoms with E-state index in [9.17, 15) is 0 Å². The van der Waals surface area contributed by atoms with E-state index in [1.54, 1.807) is 0 Å². The highest BCUT2D eigenvalue weighted by Crippen LogP contribution is 2.37. The molecule has 1 atom stereocenters. The largest absolute Gasteiger partial charge is 0.459 e. The van der Waals surface area contributed by atoms with E-state index in [-0.39, 0.29) is 11.6 Å². The van der Waals surface area contributed by atoms with Crippen LogP contribution in [-0.2, 0) is 0 Å². The molecule has 2 aromatic rings. The number of para-hydroxylation sites is 1. The monoisotopic (exact) mass is 275 g/mol. The van der Waals surface area contributed by atoms with Gasteiger partial charge in [0.2, 0.25) is 0 Å². The van der Waals surface area contributed by atoms with Gasteiger partial charge in [-0.15, -0.1) is 0 Å². The molecule has 0 aliphatic rings. The first kappa shape index (κ1) is 15.0. The van der Waals surface area contributed by atoms with Gasteiger partial charge in [-0.05, 0) is 39.1 Å². The highest BCUT2D eigenvalue weighted by molar-refractivity contribution is 5.77. The van der Waals surface area contributed by atoms with E-state index in [0.29, 0.717) is 0 Å². The van der Waals surface area contributed by atoms with Crippen molar-refractivity contribution in [2.24, 2.45) is 5.84 Å². The van der Waals surface area contributed by atoms with Gasteiger partial charge in [0.15, 0.2) is 0 Å². The second-order valence-electron chi connectivity index (χ2n) is 5.49. The maximum Gasteiger partial charge on any atom is 0.134 e. The summed E-state index contributed by atoms with van der Waals surface area (Å²) in [6.07, 6.45) is 1.98. The Bertz CT molecular complexity index is 525. The number of fused-ring (bicyclic) bond motifs is 1. The second-order valence-corrected chi connectivity index (χ2v) is 5.49. The Morgan fingerprint density at radius 1 is 1.25 bits per heavy atom. The molecule has 1 unspecified atom stereocenters. The molecule has 0 radical (unpaired) electrons. The lowest BCUT2D eigenvalue weighted by Gasteiger charge is -2.43. The van der Waals surface area contributed by atoms with Gasteiger partial charge in [-0.2, -0.15) is 0 Å². The maximum absolute atomic E-state index is 6.01. The Morgan fingerprint density at radius 2 is 1.90 bits per heavy atom. The fraction of sp³-hybridized carbons (Fsp3) is 0.500. The summed E-state index contributed by atoms with van der Waals surface area (Å²) in [5.74, 6) is 6.76. The second kappa shape index (κ2) is 5.95. The number of furan rings is 1. The average Bonchev–Trinajstić information content (AvgIpc) is 2.87. The topological polar surface area (TPSA) is 54.4 Å². The summed E-state index contributed by atoms with van der Waals surface area (Å²) in [5, 5.41) is 1.11. The van der Waals surface area contributed by atoms with E-state index in [4.69, 9.17) is 10.3 Å². The van der Waals surface area contributed by atoms with Gasteiger partial charge in [-0.25, -0.2) is 5.43 Å². The SMILES string of the molecule is CCC(CC)(C(NN)c1cc2ccccc2o1)N(C)C. The van der Waals surface area contributed by atoms with E-state index in [2.05, 4.69) is 50.4 Å². The van der Waals surface area contributed by atoms with Gasteiger partial charge in [-0.1, -0.05) is 32.0 Å². The zero-order chi connectivity index (χ0) is 14.8. The number of nitrogens with two attached hydrogens (primary N) is 1. The van der Waals surface area contributed by atoms with Gasteiger partial charge in [-0.3, -0.25) is 5.84 Å². The molecule has 0 fully saturated rings. The molecule has 0 spiro atoms. The summed E-state index contributed by atoms with van der Waals surface area (Å²) in [6.45, 7) is 4.38. The van der Waals surface area contributed by atoms with Crippen molar-refractivity contribution in [1.29, 1.82) is 0 Å². The Hall–Kier alpha value is -1.36. The zero-order valence-corrected chi connectivity index (χ0v) is 12.8. The van der Waals surface area contributed by atoms with Crippen LogP contribution >= 0.6 is 0 Å². The highest BCUT2D eigenvalue weighted by Gasteiger charge is 2.40. The van der Waals surface area contributed by atoms with E-state index < -0.39 is 0 Å². The third-order valence-electron chi connectivity index (χ3n) is 4.55. The molecule has 4 nitrogen and oxygen atoms in total. The van der Waals surface area contributed by atoms with Gasteiger partial charge in [0.1, 0.15) is 11.3 Å². The molecule has 1 aromatic heterocycles. The molecular weight excluding hydrogens is 250 g/mol. The number of hydrazine groups is 1. The predicted molar refractivity (Wildman–Crippen MR) is 83.3 cm³/mol. The normalized spacial score (nSPS) is 14.1. The number of rotatable bonds is 6. The Kier molecular flexibility index (Phi) is 4.48. The van der Waals surface area contributed by atoms with Gasteiger partial charge >= 0.3 is 0 Å². The number of benzene rings is 1. The summed E-state index contributed by atoms with van der Waals surface area (Å²) < 4.78 is 6.01. The molecule has 0 bridgehead atoms. The molecular formula is C16H25N3O. The first-order valence-electron chi connectivity index (χ1n) is 7.21. The molecule has 0 amide bonds. The molecule has 0 saturated carbocycles. The molecule has 0 aliphatic heterocycles. The summed E-state index contributed by atoms with van der Waals surface area (Å²) >= 11 is 0. The standard InChI is InChI=1S/C16H25N3O/c1-5-16(6-2,19(3)4)15(18-17)14-11-12-9-7-8-10-13(12)20-14/h7-11,15,18H,5-6,17H2,1-4H3. The van der Waals surface area contributed by atoms with E-state index in [1.165, 1.54) is 0 Å². The van der Waals surface area contributed by atoms with Crippen molar-refractivity contribution in [2.45, 2.75) is 38.3 Å². The highest BCUT2D eigenvalue weighted by atomic mass is 16.3. The van der Waals surface area contributed by atoms with Gasteiger partial charge in [0, 0.05) is 10.9 Å². The Labute approximate surface area is 120 Å². The maximum atomic E-state index is 6.01. The molecule has 0 aliphatic carbocycles. The van der Waals surface area contributed by atoms with Gasteiger partial charge in [0.05, 0.1) is 6.04 Å². The molecule has 2 rings (SSSR count). The number of nitrogens with zero attached hydrogens (tertiary/aromatic N) is 1. The molecule has 20 heavy (non-hydrogen) atoms. The van der Waals surface area contributed by atoms with E-state index >= 15 is 0 Å². The van der Waals surface area contributed by atoms with Crippen LogP contribution in [0.2, 0.25) is 0 Å². The quantitative estimate of drug-likeness (QED) is 0.628. The third kappa shape index (κ3) is 2.35. The molecule has 110 valence electrons. The number of nitrogens with one attached hydrogen (secondary N) is 1. The Morgan fingerprint density at radius 3 is 2.40 bits per heavy atom. The fourth-order valence-corrected chi connectivity index (χ4v) is 3.20. The van der Waals surface area contributed by atoms with Crippen molar-refractivity contribution in [3.05, 3.63) is 36.1 Å². The number of hydrogen-bond acceptors (Lipinski definition) is 4. The average molecular weight is 275 g/mol. The van der Waals surface area contributed by atoms with Crippen LogP contribution in [0.3, 0.4) is 0 Å². The molecule has 4 heteroatoms. The molecule has 1 aromatic carbocycles. The zero-order valence-electron chi connectivity index (χ0n) is 12.8. The molecule has 3 N–H and O–H groups in total. The number of likely N-dealkylation sites (N-methyl/N-ethyl adjacent to an activating group) is 1. The van der Waals surface area contributed by atoms with Crippen molar-refractivity contribution in [2.75, 3.05) is 14.1 Å². The van der Waals surface area contributed by atoms with Crippen molar-refractivity contribution in [3.8, 4) is 0 Å². The van der Waals surface area contributed by atoms with Crippen molar-refractivity contribution >= 4 is 11.0 Å². The Balaban J connectivity index is 2.49. The molecule has 1 heterocycles. The lowest BCUT2D eigenvalue weighted by Crippen LogP contribution is -2.54. The van der Waals surface area contributed by atoms with Crippen molar-refractivity contribution < 1.29 is 4.42 Å². The van der Waals surface area contributed by atoms with Gasteiger partial charge < -0.3 is 9.32 Å². The smallest absolute Gasteiger partial charge is 0.134 e. The van der Waals surface area contributed by atoms with Crippen molar-refractivity contribution in [3.63, 3.8) is 0 Å². The van der Waals surface area contributed by atoms with Crippen LogP contribution in [-0.4, -0.2) is 24.5 Å². The summed E-state index contributed by atoms with van der Waals surface area (Å²) in [5.41, 5.74) is 3.81. The van der Waals surface area contributed by atoms with Crippen LogP contribution in [0, 0.1) is 0 Å². The van der Waals surface area contributed by atoms with Crippen LogP contribution in [0.15, 0.2) is 34.7 Å². The first-order valence-corrected chi connectivity index (χ1v) is 7.21. The van der Waals surface area contributed by atoms with Crippen LogP contribution < -0.4 is 11.3 Å². The van der Waals surface area contributed by atoms with E-state index in [1.807, 2.05) is 18.2 Å². The molecule has 0 saturated heterocycles. The minimum atomic E-state index is -0.0668. The summed E-state index contributed by atoms with van der Waals surface area (Å²) in [6, 6.07) is 10.1. The van der Waals surface area contributed by atoms with Crippen LogP contribution in [0.25, 0.3) is 11.0 Å². The fourth-order valence-electron chi connectivity index (χ4n) is 3.20. The van der Waals surface area contributed by atoms with Crippen LogP contribution in [0.4, 0.5) is 0 Å². The minimum Gasteiger partial charge on any atom is -0.459 e. The lowest BCUT2D eigenvalue weighted by atomic mass is 9.82. The van der Waals surface area contributed by atoms with Crippen LogP contribution in [0.5, 0.6) is 0 Å². The lowest BCUT2D eigenvalue weighted by molar-refractivity contribution is 0.0787. The van der Waals surface area contributed by atoms with E-state index in [0.717, 1.165) is 29.6 Å². The number of hydrogen-bond donors (Lipinski definition) is 2.